The first-order valence-electron chi connectivity index (χ1n) is 15.9. The molecule has 3 aliphatic rings. The molecule has 3 aromatic heterocycles. The van der Waals surface area contributed by atoms with Crippen LogP contribution in [0.25, 0.3) is 10.9 Å². The highest BCUT2D eigenvalue weighted by Crippen LogP contribution is 2.38. The van der Waals surface area contributed by atoms with E-state index in [1.165, 1.54) is 6.07 Å². The summed E-state index contributed by atoms with van der Waals surface area (Å²) in [7, 11) is 0. The van der Waals surface area contributed by atoms with Gasteiger partial charge in [0.2, 0.25) is 0 Å². The van der Waals surface area contributed by atoms with Crippen LogP contribution >= 0.6 is 0 Å². The second-order valence-corrected chi connectivity index (χ2v) is 12.7. The minimum atomic E-state index is -0.466. The lowest BCUT2D eigenvalue weighted by molar-refractivity contribution is 0.154. The Morgan fingerprint density at radius 1 is 0.977 bits per heavy atom. The van der Waals surface area contributed by atoms with Gasteiger partial charge in [0.25, 0.3) is 0 Å². The maximum Gasteiger partial charge on any atom is 0.193 e. The molecule has 2 saturated heterocycles. The first kappa shape index (κ1) is 28.9. The Balaban J connectivity index is 1.25. The van der Waals surface area contributed by atoms with Crippen LogP contribution in [0.5, 0.6) is 0 Å². The number of aromatic nitrogens is 4. The van der Waals surface area contributed by atoms with Gasteiger partial charge in [-0.15, -0.1) is 0 Å². The van der Waals surface area contributed by atoms with Crippen molar-refractivity contribution in [2.45, 2.75) is 76.7 Å². The van der Waals surface area contributed by atoms with Gasteiger partial charge in [-0.05, 0) is 75.3 Å². The van der Waals surface area contributed by atoms with E-state index in [0.717, 1.165) is 74.2 Å². The zero-order chi connectivity index (χ0) is 30.2. The van der Waals surface area contributed by atoms with Gasteiger partial charge in [0.1, 0.15) is 11.6 Å². The van der Waals surface area contributed by atoms with Crippen LogP contribution in [0.4, 0.5) is 15.9 Å². The highest BCUT2D eigenvalue weighted by molar-refractivity contribution is 5.84. The molecule has 1 aromatic carbocycles. The molecule has 0 amide bonds. The highest BCUT2D eigenvalue weighted by atomic mass is 19.1. The number of β-amino-alcohol motifs (C(OH)–C–C–N with tert-alkyl or cyclic N) is 1. The smallest absolute Gasteiger partial charge is 0.193 e. The second kappa shape index (κ2) is 12.2. The Kier molecular flexibility index (Phi) is 8.03. The van der Waals surface area contributed by atoms with Gasteiger partial charge in [-0.2, -0.15) is 0 Å². The lowest BCUT2D eigenvalue weighted by Gasteiger charge is -2.40. The van der Waals surface area contributed by atoms with Gasteiger partial charge in [-0.3, -0.25) is 19.7 Å². The fourth-order valence-corrected chi connectivity index (χ4v) is 6.98. The van der Waals surface area contributed by atoms with E-state index in [1.807, 2.05) is 42.5 Å². The molecular formula is C34H40FN7O2. The van der Waals surface area contributed by atoms with Gasteiger partial charge in [0, 0.05) is 92.8 Å². The molecule has 3 fully saturated rings. The molecule has 10 heteroatoms. The van der Waals surface area contributed by atoms with Crippen molar-refractivity contribution in [2.75, 3.05) is 36.0 Å². The highest BCUT2D eigenvalue weighted by Gasteiger charge is 2.30. The van der Waals surface area contributed by atoms with Crippen molar-refractivity contribution in [3.63, 3.8) is 0 Å². The number of aryl methyl sites for hydroxylation is 1. The number of aliphatic hydroxyl groups excluding tert-OH is 1. The van der Waals surface area contributed by atoms with Crippen LogP contribution in [0, 0.1) is 12.7 Å². The summed E-state index contributed by atoms with van der Waals surface area (Å²) < 4.78 is 17.9. The number of benzene rings is 1. The number of hydrogen-bond donors (Lipinski definition) is 1. The molecule has 0 radical (unpaired) electrons. The lowest BCUT2D eigenvalue weighted by atomic mass is 10.0. The number of fused-ring (bicyclic) bond motifs is 1. The third kappa shape index (κ3) is 6.05. The van der Waals surface area contributed by atoms with Crippen molar-refractivity contribution in [1.29, 1.82) is 0 Å². The number of anilines is 2. The van der Waals surface area contributed by atoms with Crippen LogP contribution in [-0.4, -0.2) is 67.9 Å². The summed E-state index contributed by atoms with van der Waals surface area (Å²) >= 11 is 0. The maximum atomic E-state index is 15.7. The van der Waals surface area contributed by atoms with Crippen molar-refractivity contribution in [3.8, 4) is 0 Å². The van der Waals surface area contributed by atoms with E-state index in [0.29, 0.717) is 48.9 Å². The van der Waals surface area contributed by atoms with Gasteiger partial charge in [-0.1, -0.05) is 0 Å². The largest absolute Gasteiger partial charge is 0.391 e. The Morgan fingerprint density at radius 2 is 1.82 bits per heavy atom. The molecule has 0 spiro atoms. The van der Waals surface area contributed by atoms with Crippen LogP contribution in [-0.2, 0) is 13.1 Å². The fraction of sp³-hybridized carbons (Fsp3) is 0.471. The molecule has 230 valence electrons. The number of hydrogen-bond acceptors (Lipinski definition) is 8. The van der Waals surface area contributed by atoms with Crippen LogP contribution in [0.3, 0.4) is 0 Å². The Hall–Kier alpha value is -3.89. The van der Waals surface area contributed by atoms with E-state index in [4.69, 9.17) is 0 Å². The molecule has 4 aromatic rings. The average molecular weight is 598 g/mol. The summed E-state index contributed by atoms with van der Waals surface area (Å²) in [6.07, 6.45) is 14.3. The first-order chi connectivity index (χ1) is 21.4. The van der Waals surface area contributed by atoms with E-state index in [-0.39, 0.29) is 11.5 Å². The zero-order valence-corrected chi connectivity index (χ0v) is 25.3. The molecule has 9 nitrogen and oxygen atoms in total. The monoisotopic (exact) mass is 597 g/mol. The van der Waals surface area contributed by atoms with Gasteiger partial charge in [0.15, 0.2) is 5.43 Å². The van der Waals surface area contributed by atoms with Crippen molar-refractivity contribution < 1.29 is 9.50 Å². The van der Waals surface area contributed by atoms with Crippen molar-refractivity contribution >= 4 is 22.4 Å². The Morgan fingerprint density at radius 3 is 2.59 bits per heavy atom. The average Bonchev–Trinajstić information content (AvgIpc) is 3.88. The topological polar surface area (TPSA) is 90.6 Å². The molecule has 44 heavy (non-hydrogen) atoms. The molecule has 0 unspecified atom stereocenters. The molecule has 5 heterocycles. The van der Waals surface area contributed by atoms with Gasteiger partial charge < -0.3 is 19.5 Å². The van der Waals surface area contributed by atoms with Crippen molar-refractivity contribution in [1.82, 2.24) is 24.4 Å². The summed E-state index contributed by atoms with van der Waals surface area (Å²) in [6.45, 7) is 5.93. The Labute approximate surface area is 257 Å². The zero-order valence-electron chi connectivity index (χ0n) is 25.3. The number of halogens is 1. The predicted octanol–water partition coefficient (Wildman–Crippen LogP) is 4.60. The summed E-state index contributed by atoms with van der Waals surface area (Å²) in [4.78, 5) is 33.9. The molecule has 1 aliphatic carbocycles. The summed E-state index contributed by atoms with van der Waals surface area (Å²) in [5.41, 5.74) is 3.93. The van der Waals surface area contributed by atoms with Crippen LogP contribution in [0.1, 0.15) is 61.4 Å². The molecule has 2 atom stereocenters. The molecular weight excluding hydrogens is 557 g/mol. The molecule has 0 bridgehead atoms. The van der Waals surface area contributed by atoms with E-state index < -0.39 is 11.9 Å². The maximum absolute atomic E-state index is 15.7. The number of nitrogens with zero attached hydrogens (tertiary/aromatic N) is 7. The van der Waals surface area contributed by atoms with E-state index in [2.05, 4.69) is 35.4 Å². The van der Waals surface area contributed by atoms with Gasteiger partial charge >= 0.3 is 0 Å². The van der Waals surface area contributed by atoms with Crippen LogP contribution in [0.15, 0.2) is 60.0 Å². The fourth-order valence-electron chi connectivity index (χ4n) is 6.98. The molecule has 1 N–H and O–H groups in total. The third-order valence-electron chi connectivity index (χ3n) is 9.36. The minimum absolute atomic E-state index is 0.112. The molecule has 7 rings (SSSR count). The third-order valence-corrected chi connectivity index (χ3v) is 9.36. The van der Waals surface area contributed by atoms with E-state index in [9.17, 15) is 9.90 Å². The number of aliphatic hydroxyl groups is 1. The number of pyridine rings is 2. The number of piperidine rings is 2. The first-order valence-corrected chi connectivity index (χ1v) is 15.9. The molecule has 1 saturated carbocycles. The SMILES string of the molecule is Cc1cc(CN(Cc2cn(C3CC3)c3cc(N4CCC[C@H](O)C4)c(F)cc3c2=O)[C@H]2CCCN(c3cnccn3)C2)ccn1. The van der Waals surface area contributed by atoms with Gasteiger partial charge in [-0.25, -0.2) is 9.37 Å². The van der Waals surface area contributed by atoms with Crippen molar-refractivity contribution in [2.24, 2.45) is 0 Å². The Bertz CT molecular complexity index is 1690. The van der Waals surface area contributed by atoms with Crippen molar-refractivity contribution in [3.05, 3.63) is 88.1 Å². The standard InChI is InChI=1S/C34H40FN7O2/c1-23-14-24(8-9-37-23)18-41(27-4-2-13-40(21-27)33-17-36-10-11-38-33)19-25-20-42(26-6-7-26)31-16-32(30(35)15-29(31)34(25)44)39-12-3-5-28(43)22-39/h8-11,14-17,20,26-28,43H,2-7,12-13,18-19,21-22H2,1H3/t27-,28-/m0/s1. The second-order valence-electron chi connectivity index (χ2n) is 12.7. The predicted molar refractivity (Wildman–Crippen MR) is 169 cm³/mol. The normalized spacial score (nSPS) is 20.9. The number of rotatable bonds is 8. The summed E-state index contributed by atoms with van der Waals surface area (Å²) in [6, 6.07) is 7.91. The molecule has 2 aliphatic heterocycles. The van der Waals surface area contributed by atoms with E-state index >= 15 is 4.39 Å². The summed E-state index contributed by atoms with van der Waals surface area (Å²) in [5.74, 6) is 0.463. The summed E-state index contributed by atoms with van der Waals surface area (Å²) in [5, 5.41) is 10.7. The van der Waals surface area contributed by atoms with Gasteiger partial charge in [0.05, 0.1) is 23.5 Å². The minimum Gasteiger partial charge on any atom is -0.391 e. The quantitative estimate of drug-likeness (QED) is 0.315. The lowest BCUT2D eigenvalue weighted by Crippen LogP contribution is -2.48. The van der Waals surface area contributed by atoms with Crippen LogP contribution < -0.4 is 15.2 Å². The van der Waals surface area contributed by atoms with E-state index in [1.54, 1.807) is 12.4 Å². The van der Waals surface area contributed by atoms with Crippen LogP contribution in [0.2, 0.25) is 0 Å².